The van der Waals surface area contributed by atoms with Gasteiger partial charge in [-0.05, 0) is 19.8 Å². The second kappa shape index (κ2) is 5.49. The Bertz CT molecular complexity index is 645. The summed E-state index contributed by atoms with van der Waals surface area (Å²) in [6.45, 7) is 4.32. The Labute approximate surface area is 120 Å². The number of hydrogen-bond donors (Lipinski definition) is 0. The summed E-state index contributed by atoms with van der Waals surface area (Å²) in [5.74, 6) is 1.54. The molecule has 1 atom stereocenters. The van der Waals surface area contributed by atoms with Crippen LogP contribution in [0.4, 0.5) is 0 Å². The first kappa shape index (κ1) is 12.9. The number of nitrogens with zero attached hydrogens (tertiary/aromatic N) is 2. The van der Waals surface area contributed by atoms with Crippen molar-refractivity contribution in [3.05, 3.63) is 60.1 Å². The Balaban J connectivity index is 2.05. The van der Waals surface area contributed by atoms with Crippen LogP contribution in [-0.4, -0.2) is 9.55 Å². The smallest absolute Gasteiger partial charge is 0.120 e. The molecular weight excluding hydrogens is 244 g/mol. The van der Waals surface area contributed by atoms with Crippen molar-refractivity contribution in [2.45, 2.75) is 32.6 Å². The van der Waals surface area contributed by atoms with Crippen LogP contribution in [0.3, 0.4) is 0 Å². The maximum Gasteiger partial charge on any atom is 0.120 e. The number of aromatic nitrogens is 2. The summed E-state index contributed by atoms with van der Waals surface area (Å²) in [5, 5.41) is 0. The van der Waals surface area contributed by atoms with Gasteiger partial charge in [0.25, 0.3) is 0 Å². The van der Waals surface area contributed by atoms with E-state index >= 15 is 0 Å². The highest BCUT2D eigenvalue weighted by atomic mass is 15.1. The van der Waals surface area contributed by atoms with Crippen LogP contribution in [-0.2, 0) is 0 Å². The van der Waals surface area contributed by atoms with Crippen molar-refractivity contribution in [1.29, 1.82) is 0 Å². The van der Waals surface area contributed by atoms with E-state index in [4.69, 9.17) is 4.98 Å². The number of benzene rings is 1. The molecule has 1 aliphatic rings. The number of imidazole rings is 1. The van der Waals surface area contributed by atoms with Crippen molar-refractivity contribution in [3.8, 4) is 11.3 Å². The molecule has 2 aromatic rings. The Morgan fingerprint density at radius 2 is 2.00 bits per heavy atom. The minimum Gasteiger partial charge on any atom is -0.310 e. The van der Waals surface area contributed by atoms with Gasteiger partial charge >= 0.3 is 0 Å². The molecule has 0 amide bonds. The van der Waals surface area contributed by atoms with Crippen molar-refractivity contribution in [3.63, 3.8) is 0 Å². The zero-order valence-corrected chi connectivity index (χ0v) is 12.1. The van der Waals surface area contributed by atoms with E-state index in [9.17, 15) is 0 Å². The lowest BCUT2D eigenvalue weighted by atomic mass is 10.0. The van der Waals surface area contributed by atoms with Gasteiger partial charge in [-0.2, -0.15) is 0 Å². The van der Waals surface area contributed by atoms with Crippen molar-refractivity contribution in [1.82, 2.24) is 9.55 Å². The fraction of sp³-hybridized carbons (Fsp3) is 0.278. The summed E-state index contributed by atoms with van der Waals surface area (Å²) in [4.78, 5) is 4.87. The molecule has 0 saturated carbocycles. The average molecular weight is 264 g/mol. The highest BCUT2D eigenvalue weighted by molar-refractivity contribution is 5.60. The molecule has 0 aliphatic carbocycles. The maximum absolute atomic E-state index is 4.87. The molecule has 1 aliphatic heterocycles. The molecule has 3 rings (SSSR count). The molecule has 2 nitrogen and oxygen atoms in total. The number of rotatable bonds is 2. The third kappa shape index (κ3) is 2.46. The largest absolute Gasteiger partial charge is 0.310 e. The van der Waals surface area contributed by atoms with Crippen LogP contribution in [0.5, 0.6) is 0 Å². The van der Waals surface area contributed by atoms with Crippen LogP contribution in [0.15, 0.2) is 48.7 Å². The summed E-state index contributed by atoms with van der Waals surface area (Å²) in [5.41, 5.74) is 3.51. The lowest BCUT2D eigenvalue weighted by Gasteiger charge is -2.11. The Morgan fingerprint density at radius 3 is 2.75 bits per heavy atom. The molecule has 2 heteroatoms. The average Bonchev–Trinajstić information content (AvgIpc) is 2.84. The molecule has 0 bridgehead atoms. The molecule has 1 aromatic carbocycles. The Kier molecular flexibility index (Phi) is 3.55. The van der Waals surface area contributed by atoms with Crippen LogP contribution < -0.4 is 0 Å². The van der Waals surface area contributed by atoms with Gasteiger partial charge < -0.3 is 4.57 Å². The quantitative estimate of drug-likeness (QED) is 0.713. The van der Waals surface area contributed by atoms with E-state index in [2.05, 4.69) is 73.3 Å². The molecular formula is C18H20N2. The molecule has 0 radical (unpaired) electrons. The summed E-state index contributed by atoms with van der Waals surface area (Å²) in [6.07, 6.45) is 13.0. The molecule has 0 saturated heterocycles. The zero-order chi connectivity index (χ0) is 13.9. The van der Waals surface area contributed by atoms with E-state index < -0.39 is 0 Å². The van der Waals surface area contributed by atoms with E-state index in [1.807, 2.05) is 0 Å². The van der Waals surface area contributed by atoms with Crippen molar-refractivity contribution >= 4 is 6.20 Å². The van der Waals surface area contributed by atoms with Gasteiger partial charge in [-0.25, -0.2) is 4.98 Å². The van der Waals surface area contributed by atoms with Gasteiger partial charge in [-0.1, -0.05) is 55.0 Å². The van der Waals surface area contributed by atoms with E-state index in [1.54, 1.807) is 0 Å². The zero-order valence-electron chi connectivity index (χ0n) is 12.1. The van der Waals surface area contributed by atoms with E-state index in [0.717, 1.165) is 24.4 Å². The first-order valence-corrected chi connectivity index (χ1v) is 7.27. The minimum atomic E-state index is 0.402. The molecule has 0 fully saturated rings. The van der Waals surface area contributed by atoms with Crippen LogP contribution in [0.2, 0.25) is 0 Å². The number of fused-ring (bicyclic) bond motifs is 1. The highest BCUT2D eigenvalue weighted by Crippen LogP contribution is 2.27. The summed E-state index contributed by atoms with van der Waals surface area (Å²) in [6, 6.07) is 8.57. The molecule has 0 N–H and O–H groups in total. The lowest BCUT2D eigenvalue weighted by Crippen LogP contribution is -2.03. The third-order valence-electron chi connectivity index (χ3n) is 3.79. The highest BCUT2D eigenvalue weighted by Gasteiger charge is 2.15. The molecule has 1 aromatic heterocycles. The van der Waals surface area contributed by atoms with Crippen LogP contribution in [0, 0.1) is 6.92 Å². The number of allylic oxidation sites excluding steroid dienone is 3. The van der Waals surface area contributed by atoms with Gasteiger partial charge in [-0.3, -0.25) is 0 Å². The van der Waals surface area contributed by atoms with Crippen molar-refractivity contribution < 1.29 is 0 Å². The van der Waals surface area contributed by atoms with E-state index in [-0.39, 0.29) is 0 Å². The predicted octanol–water partition coefficient (Wildman–Crippen LogP) is 4.78. The molecule has 20 heavy (non-hydrogen) atoms. The third-order valence-corrected chi connectivity index (χ3v) is 3.79. The fourth-order valence-electron chi connectivity index (χ4n) is 2.57. The normalized spacial score (nSPS) is 19.2. The van der Waals surface area contributed by atoms with E-state index in [1.165, 1.54) is 11.1 Å². The number of aryl methyl sites for hydroxylation is 1. The standard InChI is InChI=1S/C18H20N2/c1-3-15-7-5-4-6-12-20-13-17(19-18(15)20)16-10-8-14(2)9-11-16/h5-13,15H,3-4H2,1-2H3/b7-5?,12-6-. The van der Waals surface area contributed by atoms with Crippen LogP contribution in [0.25, 0.3) is 17.5 Å². The monoisotopic (exact) mass is 264 g/mol. The maximum atomic E-state index is 4.87. The molecule has 0 spiro atoms. The molecule has 2 heterocycles. The van der Waals surface area contributed by atoms with Crippen LogP contribution >= 0.6 is 0 Å². The van der Waals surface area contributed by atoms with Crippen LogP contribution in [0.1, 0.15) is 37.1 Å². The number of hydrogen-bond acceptors (Lipinski definition) is 1. The second-order valence-electron chi connectivity index (χ2n) is 5.32. The van der Waals surface area contributed by atoms with Gasteiger partial charge in [0.15, 0.2) is 0 Å². The first-order valence-electron chi connectivity index (χ1n) is 7.27. The molecule has 102 valence electrons. The summed E-state index contributed by atoms with van der Waals surface area (Å²) in [7, 11) is 0. The Morgan fingerprint density at radius 1 is 1.20 bits per heavy atom. The van der Waals surface area contributed by atoms with Gasteiger partial charge in [0.1, 0.15) is 5.82 Å². The summed E-state index contributed by atoms with van der Waals surface area (Å²) < 4.78 is 2.17. The van der Waals surface area contributed by atoms with E-state index in [0.29, 0.717) is 5.92 Å². The van der Waals surface area contributed by atoms with Gasteiger partial charge in [0, 0.05) is 23.9 Å². The fourth-order valence-corrected chi connectivity index (χ4v) is 2.57. The van der Waals surface area contributed by atoms with Crippen molar-refractivity contribution in [2.24, 2.45) is 0 Å². The lowest BCUT2D eigenvalue weighted by molar-refractivity contribution is 0.727. The molecule has 1 unspecified atom stereocenters. The van der Waals surface area contributed by atoms with Gasteiger partial charge in [0.05, 0.1) is 5.69 Å². The van der Waals surface area contributed by atoms with Gasteiger partial charge in [0.2, 0.25) is 0 Å². The second-order valence-corrected chi connectivity index (χ2v) is 5.32. The van der Waals surface area contributed by atoms with Gasteiger partial charge in [-0.15, -0.1) is 0 Å². The summed E-state index contributed by atoms with van der Waals surface area (Å²) >= 11 is 0. The topological polar surface area (TPSA) is 17.8 Å². The predicted molar refractivity (Wildman–Crippen MR) is 84.5 cm³/mol. The Hall–Kier alpha value is -2.09. The minimum absolute atomic E-state index is 0.402. The van der Waals surface area contributed by atoms with Crippen molar-refractivity contribution in [2.75, 3.05) is 0 Å². The first-order chi connectivity index (χ1) is 9.78. The SMILES string of the molecule is CCC1C=CC/C=C\n2cc(-c3ccc(C)cc3)nc21.